The quantitative estimate of drug-likeness (QED) is 0.907. The summed E-state index contributed by atoms with van der Waals surface area (Å²) in [4.78, 5) is 0. The molecule has 1 fully saturated rings. The molecule has 3 rings (SSSR count). The summed E-state index contributed by atoms with van der Waals surface area (Å²) in [6, 6.07) is 8.36. The Balaban J connectivity index is 1.64. The Hall–Kier alpha value is -1.06. The van der Waals surface area contributed by atoms with Gasteiger partial charge in [-0.1, -0.05) is 18.2 Å². The number of hydrogen-bond acceptors (Lipinski definition) is 3. The zero-order valence-corrected chi connectivity index (χ0v) is 11.7. The zero-order valence-electron chi connectivity index (χ0n) is 11.7. The fourth-order valence-corrected chi connectivity index (χ4v) is 3.04. The molecular weight excluding hydrogens is 238 g/mol. The van der Waals surface area contributed by atoms with Crippen LogP contribution in [0.3, 0.4) is 0 Å². The van der Waals surface area contributed by atoms with Crippen LogP contribution < -0.4 is 10.1 Å². The molecule has 0 bridgehead atoms. The van der Waals surface area contributed by atoms with Crippen molar-refractivity contribution in [3.63, 3.8) is 0 Å². The highest BCUT2D eigenvalue weighted by atomic mass is 16.5. The van der Waals surface area contributed by atoms with Crippen LogP contribution >= 0.6 is 0 Å². The number of ether oxygens (including phenoxy) is 2. The van der Waals surface area contributed by atoms with Crippen molar-refractivity contribution in [2.75, 3.05) is 26.3 Å². The number of nitrogens with one attached hydrogen (secondary N) is 1. The van der Waals surface area contributed by atoms with Crippen molar-refractivity contribution in [3.05, 3.63) is 29.8 Å². The van der Waals surface area contributed by atoms with Crippen LogP contribution in [0.4, 0.5) is 0 Å². The summed E-state index contributed by atoms with van der Waals surface area (Å²) in [5, 5.41) is 3.43. The van der Waals surface area contributed by atoms with Gasteiger partial charge in [0.15, 0.2) is 0 Å². The van der Waals surface area contributed by atoms with Crippen molar-refractivity contribution >= 4 is 0 Å². The Morgan fingerprint density at radius 2 is 2.32 bits per heavy atom. The molecular formula is C16H23NO2. The van der Waals surface area contributed by atoms with Crippen LogP contribution in [0, 0.1) is 0 Å². The van der Waals surface area contributed by atoms with Gasteiger partial charge in [0.25, 0.3) is 0 Å². The van der Waals surface area contributed by atoms with Crippen LogP contribution in [0.5, 0.6) is 5.75 Å². The van der Waals surface area contributed by atoms with Crippen LogP contribution in [0.1, 0.15) is 37.7 Å². The van der Waals surface area contributed by atoms with Gasteiger partial charge >= 0.3 is 0 Å². The first-order valence-electron chi connectivity index (χ1n) is 7.33. The van der Waals surface area contributed by atoms with Gasteiger partial charge < -0.3 is 14.8 Å². The molecule has 0 aliphatic carbocycles. The van der Waals surface area contributed by atoms with E-state index in [1.54, 1.807) is 0 Å². The van der Waals surface area contributed by atoms with E-state index in [9.17, 15) is 0 Å². The molecule has 2 atom stereocenters. The van der Waals surface area contributed by atoms with Crippen LogP contribution in [-0.4, -0.2) is 31.9 Å². The molecule has 0 amide bonds. The molecule has 2 heterocycles. The highest BCUT2D eigenvalue weighted by Crippen LogP contribution is 2.34. The van der Waals surface area contributed by atoms with Gasteiger partial charge in [-0.2, -0.15) is 0 Å². The molecule has 0 aromatic heterocycles. The third-order valence-corrected chi connectivity index (χ3v) is 4.27. The highest BCUT2D eigenvalue weighted by molar-refractivity contribution is 5.37. The minimum absolute atomic E-state index is 0.00545. The van der Waals surface area contributed by atoms with E-state index < -0.39 is 0 Å². The molecule has 0 radical (unpaired) electrons. The number of piperidine rings is 1. The molecule has 19 heavy (non-hydrogen) atoms. The lowest BCUT2D eigenvalue weighted by atomic mass is 9.92. The summed E-state index contributed by atoms with van der Waals surface area (Å²) in [6.45, 7) is 5.93. The summed E-state index contributed by atoms with van der Waals surface area (Å²) in [5.74, 6) is 1.51. The second-order valence-electron chi connectivity index (χ2n) is 5.91. The topological polar surface area (TPSA) is 30.5 Å². The molecule has 0 saturated carbocycles. The van der Waals surface area contributed by atoms with Crippen molar-refractivity contribution in [2.45, 2.75) is 37.7 Å². The molecule has 1 saturated heterocycles. The van der Waals surface area contributed by atoms with Gasteiger partial charge in [-0.05, 0) is 44.4 Å². The maximum atomic E-state index is 6.25. The molecule has 1 N–H and O–H groups in total. The van der Waals surface area contributed by atoms with E-state index in [1.807, 2.05) is 6.07 Å². The number of rotatable bonds is 3. The van der Waals surface area contributed by atoms with Crippen LogP contribution in [-0.2, 0) is 4.74 Å². The first-order valence-corrected chi connectivity index (χ1v) is 7.33. The second kappa shape index (κ2) is 5.51. The van der Waals surface area contributed by atoms with E-state index in [0.29, 0.717) is 5.92 Å². The van der Waals surface area contributed by atoms with Gasteiger partial charge in [-0.25, -0.2) is 0 Å². The maximum absolute atomic E-state index is 6.25. The van der Waals surface area contributed by atoms with Gasteiger partial charge in [0.1, 0.15) is 5.75 Å². The molecule has 1 aromatic carbocycles. The first kappa shape index (κ1) is 12.9. The lowest BCUT2D eigenvalue weighted by Gasteiger charge is -2.36. The summed E-state index contributed by atoms with van der Waals surface area (Å²) in [7, 11) is 0. The Bertz CT molecular complexity index is 427. The summed E-state index contributed by atoms with van der Waals surface area (Å²) in [6.07, 6.45) is 3.42. The summed E-state index contributed by atoms with van der Waals surface area (Å²) < 4.78 is 12.0. The Labute approximate surface area is 115 Å². The first-order chi connectivity index (χ1) is 9.27. The SMILES string of the molecule is CC1(OCC2CCOc3ccccc32)CCCNC1. The lowest BCUT2D eigenvalue weighted by Crippen LogP contribution is -2.46. The predicted octanol–water partition coefficient (Wildman–Crippen LogP) is 2.71. The molecule has 1 aromatic rings. The molecule has 0 spiro atoms. The number of benzene rings is 1. The van der Waals surface area contributed by atoms with Crippen LogP contribution in [0.2, 0.25) is 0 Å². The van der Waals surface area contributed by atoms with Crippen molar-refractivity contribution in [1.29, 1.82) is 0 Å². The smallest absolute Gasteiger partial charge is 0.122 e. The Kier molecular flexibility index (Phi) is 3.76. The van der Waals surface area contributed by atoms with Crippen molar-refractivity contribution in [1.82, 2.24) is 5.32 Å². The van der Waals surface area contributed by atoms with E-state index in [1.165, 1.54) is 12.0 Å². The monoisotopic (exact) mass is 261 g/mol. The van der Waals surface area contributed by atoms with E-state index in [0.717, 1.165) is 44.9 Å². The average molecular weight is 261 g/mol. The third-order valence-electron chi connectivity index (χ3n) is 4.27. The minimum atomic E-state index is 0.00545. The third kappa shape index (κ3) is 2.93. The average Bonchev–Trinajstić information content (AvgIpc) is 2.46. The van der Waals surface area contributed by atoms with E-state index in [-0.39, 0.29) is 5.60 Å². The van der Waals surface area contributed by atoms with Crippen molar-refractivity contribution in [2.24, 2.45) is 0 Å². The van der Waals surface area contributed by atoms with E-state index >= 15 is 0 Å². The fourth-order valence-electron chi connectivity index (χ4n) is 3.04. The van der Waals surface area contributed by atoms with Gasteiger partial charge in [0.2, 0.25) is 0 Å². The van der Waals surface area contributed by atoms with Gasteiger partial charge in [-0.15, -0.1) is 0 Å². The predicted molar refractivity (Wildman–Crippen MR) is 75.8 cm³/mol. The molecule has 3 heteroatoms. The number of hydrogen-bond donors (Lipinski definition) is 1. The molecule has 104 valence electrons. The van der Waals surface area contributed by atoms with Crippen molar-refractivity contribution < 1.29 is 9.47 Å². The van der Waals surface area contributed by atoms with E-state index in [4.69, 9.17) is 9.47 Å². The summed E-state index contributed by atoms with van der Waals surface area (Å²) in [5.41, 5.74) is 1.31. The normalized spacial score (nSPS) is 30.5. The summed E-state index contributed by atoms with van der Waals surface area (Å²) >= 11 is 0. The van der Waals surface area contributed by atoms with E-state index in [2.05, 4.69) is 30.4 Å². The minimum Gasteiger partial charge on any atom is -0.493 e. The van der Waals surface area contributed by atoms with Gasteiger partial charge in [-0.3, -0.25) is 0 Å². The molecule has 3 nitrogen and oxygen atoms in total. The molecule has 2 unspecified atom stereocenters. The zero-order chi connectivity index (χ0) is 13.1. The maximum Gasteiger partial charge on any atom is 0.122 e. The Morgan fingerprint density at radius 1 is 1.42 bits per heavy atom. The fraction of sp³-hybridized carbons (Fsp3) is 0.625. The number of para-hydroxylation sites is 1. The van der Waals surface area contributed by atoms with Crippen molar-refractivity contribution in [3.8, 4) is 5.75 Å². The standard InChI is InChI=1S/C16H23NO2/c1-16(8-4-9-17-12-16)19-11-13-7-10-18-15-6-3-2-5-14(13)15/h2-3,5-6,13,17H,4,7-12H2,1H3. The van der Waals surface area contributed by atoms with Gasteiger partial charge in [0.05, 0.1) is 18.8 Å². The van der Waals surface area contributed by atoms with Crippen LogP contribution in [0.25, 0.3) is 0 Å². The van der Waals surface area contributed by atoms with Crippen LogP contribution in [0.15, 0.2) is 24.3 Å². The largest absolute Gasteiger partial charge is 0.493 e. The lowest BCUT2D eigenvalue weighted by molar-refractivity contribution is -0.0554. The molecule has 2 aliphatic heterocycles. The Morgan fingerprint density at radius 3 is 3.16 bits per heavy atom. The number of fused-ring (bicyclic) bond motifs is 1. The molecule has 2 aliphatic rings. The second-order valence-corrected chi connectivity index (χ2v) is 5.91. The van der Waals surface area contributed by atoms with Gasteiger partial charge in [0, 0.05) is 12.5 Å². The highest BCUT2D eigenvalue weighted by Gasteiger charge is 2.30.